The molecule has 1 saturated carbocycles. The number of rotatable bonds is 5. The second kappa shape index (κ2) is 11.8. The van der Waals surface area contributed by atoms with Crippen molar-refractivity contribution in [3.63, 3.8) is 0 Å². The summed E-state index contributed by atoms with van der Waals surface area (Å²) in [7, 11) is 0. The number of hydrogen-bond acceptors (Lipinski definition) is 7. The molecule has 43 heavy (non-hydrogen) atoms. The fourth-order valence-corrected chi connectivity index (χ4v) is 8.36. The Balaban J connectivity index is 0.00000165. The van der Waals surface area contributed by atoms with Crippen molar-refractivity contribution in [1.82, 2.24) is 19.9 Å². The normalized spacial score (nSPS) is 26.4. The van der Waals surface area contributed by atoms with Crippen LogP contribution in [0.1, 0.15) is 38.5 Å². The van der Waals surface area contributed by atoms with Crippen molar-refractivity contribution in [2.75, 3.05) is 37.7 Å². The van der Waals surface area contributed by atoms with E-state index in [1.54, 1.807) is 6.20 Å². The molecule has 7 nitrogen and oxygen atoms in total. The lowest BCUT2D eigenvalue weighted by Gasteiger charge is -2.34. The summed E-state index contributed by atoms with van der Waals surface area (Å²) in [6.07, 6.45) is 7.78. The van der Waals surface area contributed by atoms with Crippen molar-refractivity contribution in [2.24, 2.45) is 11.8 Å². The van der Waals surface area contributed by atoms with Crippen LogP contribution >= 0.6 is 36.4 Å². The van der Waals surface area contributed by atoms with Gasteiger partial charge in [-0.3, -0.25) is 9.88 Å². The number of halogens is 4. The smallest absolute Gasteiger partial charge is 0.319 e. The van der Waals surface area contributed by atoms with Crippen LogP contribution in [0.5, 0.6) is 6.01 Å². The van der Waals surface area contributed by atoms with Gasteiger partial charge in [0, 0.05) is 41.8 Å². The average Bonchev–Trinajstić information content (AvgIpc) is 3.62. The first-order valence-corrected chi connectivity index (χ1v) is 15.2. The Morgan fingerprint density at radius 1 is 1.05 bits per heavy atom. The van der Waals surface area contributed by atoms with Crippen molar-refractivity contribution in [2.45, 2.75) is 50.2 Å². The Bertz CT molecular complexity index is 1660. The number of aliphatic hydroxyl groups is 1. The lowest BCUT2D eigenvalue weighted by Crippen LogP contribution is -2.43. The molecule has 2 aromatic heterocycles. The van der Waals surface area contributed by atoms with Crippen LogP contribution in [0.2, 0.25) is 5.02 Å². The van der Waals surface area contributed by atoms with Gasteiger partial charge in [0.15, 0.2) is 5.82 Å². The van der Waals surface area contributed by atoms with Crippen LogP contribution in [0.25, 0.3) is 32.9 Å². The number of hydrogen-bond donors (Lipinski definition) is 1. The molecule has 228 valence electrons. The van der Waals surface area contributed by atoms with E-state index in [1.165, 1.54) is 19.3 Å². The fourth-order valence-electron chi connectivity index (χ4n) is 8.08. The van der Waals surface area contributed by atoms with Gasteiger partial charge in [-0.15, -0.1) is 24.8 Å². The van der Waals surface area contributed by atoms with Gasteiger partial charge in [-0.25, -0.2) is 4.39 Å². The number of aromatic nitrogens is 3. The minimum absolute atomic E-state index is 0. The van der Waals surface area contributed by atoms with Crippen molar-refractivity contribution < 1.29 is 14.2 Å². The molecule has 1 N–H and O–H groups in total. The maximum atomic E-state index is 16.6. The summed E-state index contributed by atoms with van der Waals surface area (Å²) in [5, 5.41) is 13.2. The quantitative estimate of drug-likeness (QED) is 0.259. The van der Waals surface area contributed by atoms with Crippen LogP contribution in [0, 0.1) is 17.7 Å². The second-order valence-electron chi connectivity index (χ2n) is 12.5. The summed E-state index contributed by atoms with van der Waals surface area (Å²) < 4.78 is 22.9. The van der Waals surface area contributed by atoms with Crippen LogP contribution in [-0.4, -0.2) is 69.4 Å². The molecule has 11 heteroatoms. The predicted molar refractivity (Wildman–Crippen MR) is 172 cm³/mol. The molecule has 3 saturated heterocycles. The first-order valence-electron chi connectivity index (χ1n) is 14.8. The molecule has 0 spiro atoms. The first-order chi connectivity index (χ1) is 20.0. The maximum Gasteiger partial charge on any atom is 0.319 e. The summed E-state index contributed by atoms with van der Waals surface area (Å²) in [5.74, 6) is 1.45. The Morgan fingerprint density at radius 2 is 1.81 bits per heavy atom. The third-order valence-electron chi connectivity index (χ3n) is 9.92. The van der Waals surface area contributed by atoms with Gasteiger partial charge in [-0.05, 0) is 68.4 Å². The molecule has 4 aliphatic rings. The number of piperidine rings is 1. The van der Waals surface area contributed by atoms with Gasteiger partial charge in [-0.1, -0.05) is 41.9 Å². The highest BCUT2D eigenvalue weighted by Crippen LogP contribution is 2.42. The Labute approximate surface area is 267 Å². The molecule has 3 aliphatic heterocycles. The zero-order valence-electron chi connectivity index (χ0n) is 23.7. The highest BCUT2D eigenvalue weighted by molar-refractivity contribution is 6.36. The minimum atomic E-state index is -0.500. The summed E-state index contributed by atoms with van der Waals surface area (Å²) in [5.41, 5.74) is 0.838. The molecule has 8 rings (SSSR count). The fraction of sp³-hybridized carbons (Fsp3) is 0.469. The van der Waals surface area contributed by atoms with Crippen LogP contribution < -0.4 is 9.64 Å². The third-order valence-corrected chi connectivity index (χ3v) is 10.2. The number of pyridine rings is 1. The topological polar surface area (TPSA) is 74.6 Å². The summed E-state index contributed by atoms with van der Waals surface area (Å²) in [6, 6.07) is 11.6. The number of β-amino-alcohol motifs (C(OH)–C–C–N with tert-alkyl or cyclic N) is 1. The van der Waals surface area contributed by atoms with E-state index in [0.717, 1.165) is 43.2 Å². The number of nitrogens with zero attached hydrogens (tertiary/aromatic N) is 5. The molecule has 5 heterocycles. The largest absolute Gasteiger partial charge is 0.461 e. The van der Waals surface area contributed by atoms with Crippen molar-refractivity contribution in [3.8, 4) is 17.3 Å². The molecule has 4 aromatic rings. The SMILES string of the molecule is Cl.Cl.O[C@H]1CN2CCC[C@]2(COc2nc(N3CC4CCC(C4)C3)c3cnc(-c4cccc5cccc(Cl)c45)c(F)c3n2)C1. The zero-order valence-corrected chi connectivity index (χ0v) is 26.1. The lowest BCUT2D eigenvalue weighted by molar-refractivity contribution is 0.107. The number of aliphatic hydroxyl groups excluding tert-OH is 1. The monoisotopic (exact) mass is 645 g/mol. The average molecular weight is 647 g/mol. The number of ether oxygens (including phenoxy) is 1. The van der Waals surface area contributed by atoms with E-state index < -0.39 is 5.82 Å². The van der Waals surface area contributed by atoms with E-state index in [0.29, 0.717) is 53.2 Å². The van der Waals surface area contributed by atoms with Crippen molar-refractivity contribution in [3.05, 3.63) is 53.4 Å². The predicted octanol–water partition coefficient (Wildman–Crippen LogP) is 6.70. The van der Waals surface area contributed by atoms with Crippen LogP contribution in [0.15, 0.2) is 42.6 Å². The zero-order chi connectivity index (χ0) is 27.7. The molecule has 2 aromatic carbocycles. The van der Waals surface area contributed by atoms with Gasteiger partial charge in [0.05, 0.1) is 17.0 Å². The molecular weight excluding hydrogens is 612 g/mol. The number of benzene rings is 2. The minimum Gasteiger partial charge on any atom is -0.461 e. The van der Waals surface area contributed by atoms with Crippen LogP contribution in [0.4, 0.5) is 10.2 Å². The highest BCUT2D eigenvalue weighted by atomic mass is 35.5. The first kappa shape index (κ1) is 30.5. The van der Waals surface area contributed by atoms with Gasteiger partial charge in [0.2, 0.25) is 0 Å². The van der Waals surface area contributed by atoms with Crippen molar-refractivity contribution in [1.29, 1.82) is 0 Å². The summed E-state index contributed by atoms with van der Waals surface area (Å²) in [4.78, 5) is 18.8. The molecule has 0 radical (unpaired) electrons. The van der Waals surface area contributed by atoms with Gasteiger partial charge < -0.3 is 14.7 Å². The molecule has 0 amide bonds. The van der Waals surface area contributed by atoms with Gasteiger partial charge >= 0.3 is 6.01 Å². The molecule has 1 aliphatic carbocycles. The maximum absolute atomic E-state index is 16.6. The van der Waals surface area contributed by atoms with E-state index in [2.05, 4.69) is 19.8 Å². The van der Waals surface area contributed by atoms with E-state index in [9.17, 15) is 5.11 Å². The molecule has 4 fully saturated rings. The molecule has 2 bridgehead atoms. The van der Waals surface area contributed by atoms with E-state index >= 15 is 4.39 Å². The number of anilines is 1. The molecule has 2 unspecified atom stereocenters. The Kier molecular flexibility index (Phi) is 8.37. The van der Waals surface area contributed by atoms with Crippen LogP contribution in [-0.2, 0) is 0 Å². The summed E-state index contributed by atoms with van der Waals surface area (Å²) >= 11 is 6.60. The number of fused-ring (bicyclic) bond motifs is 5. The standard InChI is InChI=1S/C32H33ClFN5O2.2ClH/c33-25-7-2-5-21-4-1-6-23(26(21)25)28-27(34)29-24(14-35-28)30(38-15-19-8-9-20(12-19)16-38)37-31(36-29)41-18-32-10-3-11-39(32)17-22(40)13-32;;/h1-2,4-7,14,19-20,22,40H,3,8-13,15-18H2;2*1H/t19?,20?,22-,32-;;/m1../s1. The molecular formula is C32H35Cl3FN5O2. The highest BCUT2D eigenvalue weighted by Gasteiger charge is 2.48. The van der Waals surface area contributed by atoms with Gasteiger partial charge in [0.1, 0.15) is 23.6 Å². The Hall–Kier alpha value is -2.49. The Morgan fingerprint density at radius 3 is 2.60 bits per heavy atom. The van der Waals surface area contributed by atoms with E-state index in [-0.39, 0.29) is 53.7 Å². The summed E-state index contributed by atoms with van der Waals surface area (Å²) in [6.45, 7) is 3.79. The van der Waals surface area contributed by atoms with Gasteiger partial charge in [0.25, 0.3) is 0 Å². The second-order valence-corrected chi connectivity index (χ2v) is 12.9. The van der Waals surface area contributed by atoms with Crippen LogP contribution in [0.3, 0.4) is 0 Å². The lowest BCUT2D eigenvalue weighted by atomic mass is 9.94. The van der Waals surface area contributed by atoms with E-state index in [1.807, 2.05) is 36.4 Å². The van der Waals surface area contributed by atoms with E-state index in [4.69, 9.17) is 21.3 Å². The van der Waals surface area contributed by atoms with Gasteiger partial charge in [-0.2, -0.15) is 9.97 Å². The molecule has 4 atom stereocenters. The third kappa shape index (κ3) is 5.19. The van der Waals surface area contributed by atoms with Crippen molar-refractivity contribution >= 4 is 63.9 Å².